The van der Waals surface area contributed by atoms with E-state index in [9.17, 15) is 29.7 Å². The second-order valence-corrected chi connectivity index (χ2v) is 4.43. The molecule has 0 spiro atoms. The molecule has 0 rings (SSSR count). The van der Waals surface area contributed by atoms with E-state index in [4.69, 9.17) is 0 Å². The molecule has 0 saturated heterocycles. The Kier molecular flexibility index (Phi) is 34.8. The Labute approximate surface area is 166 Å². The fourth-order valence-electron chi connectivity index (χ4n) is 0.963. The van der Waals surface area contributed by atoms with Crippen molar-refractivity contribution in [2.75, 3.05) is 0 Å². The van der Waals surface area contributed by atoms with Gasteiger partial charge in [-0.05, 0) is 38.5 Å². The van der Waals surface area contributed by atoms with Crippen molar-refractivity contribution in [1.82, 2.24) is 0 Å². The average molecular weight is 444 g/mol. The first-order valence-electron chi connectivity index (χ1n) is 7.41. The van der Waals surface area contributed by atoms with E-state index in [0.717, 1.165) is 38.5 Å². The Morgan fingerprint density at radius 1 is 0.591 bits per heavy atom. The van der Waals surface area contributed by atoms with E-state index in [1.54, 1.807) is 0 Å². The van der Waals surface area contributed by atoms with Crippen LogP contribution in [0, 0.1) is 41.3 Å². The van der Waals surface area contributed by atoms with Crippen molar-refractivity contribution in [1.29, 1.82) is 0 Å². The molecule has 6 nitrogen and oxygen atoms in total. The molecule has 126 valence electrons. The van der Waals surface area contributed by atoms with Crippen LogP contribution in [0.2, 0.25) is 0 Å². The minimum absolute atomic E-state index is 0. The van der Waals surface area contributed by atoms with Gasteiger partial charge in [0, 0.05) is 17.9 Å². The largest absolute Gasteiger partial charge is 3.00 e. The first kappa shape index (κ1) is 29.7. The summed E-state index contributed by atoms with van der Waals surface area (Å²) in [6.07, 6.45) is 5.60. The first-order valence-corrected chi connectivity index (χ1v) is 7.41. The molecule has 0 aliphatic heterocycles. The SMILES string of the molecule is CCCCC(=O)[O-].CCCCC(=O)[O-].CCCCC(=O)[O-].[Pr+3]. The Morgan fingerprint density at radius 3 is 0.818 bits per heavy atom. The van der Waals surface area contributed by atoms with Gasteiger partial charge in [-0.15, -0.1) is 0 Å². The molecule has 0 aromatic heterocycles. The average Bonchev–Trinajstić information content (AvgIpc) is 2.41. The van der Waals surface area contributed by atoms with Crippen molar-refractivity contribution in [3.8, 4) is 0 Å². The molecular weight excluding hydrogens is 417 g/mol. The number of aliphatic carboxylic acids is 3. The summed E-state index contributed by atoms with van der Waals surface area (Å²) in [6.45, 7) is 5.84. The summed E-state index contributed by atoms with van der Waals surface area (Å²) >= 11 is 0. The molecule has 0 unspecified atom stereocenters. The van der Waals surface area contributed by atoms with Gasteiger partial charge in [-0.25, -0.2) is 0 Å². The number of unbranched alkanes of at least 4 members (excludes halogenated alkanes) is 3. The Morgan fingerprint density at radius 2 is 0.773 bits per heavy atom. The molecule has 22 heavy (non-hydrogen) atoms. The molecule has 0 aliphatic rings. The summed E-state index contributed by atoms with van der Waals surface area (Å²) in [5.41, 5.74) is 0. The van der Waals surface area contributed by atoms with Crippen molar-refractivity contribution in [2.45, 2.75) is 78.6 Å². The third-order valence-electron chi connectivity index (χ3n) is 2.20. The summed E-state index contributed by atoms with van der Waals surface area (Å²) < 4.78 is 0. The van der Waals surface area contributed by atoms with Gasteiger partial charge in [0.05, 0.1) is 0 Å². The monoisotopic (exact) mass is 444 g/mol. The Hall–Kier alpha value is -0.226. The quantitative estimate of drug-likeness (QED) is 0.485. The molecule has 0 aliphatic carbocycles. The zero-order chi connectivity index (χ0) is 17.1. The van der Waals surface area contributed by atoms with Crippen LogP contribution < -0.4 is 15.3 Å². The van der Waals surface area contributed by atoms with Gasteiger partial charge in [0.15, 0.2) is 0 Å². The molecule has 0 fully saturated rings. The van der Waals surface area contributed by atoms with E-state index in [1.165, 1.54) is 0 Å². The van der Waals surface area contributed by atoms with Gasteiger partial charge in [0.2, 0.25) is 0 Å². The van der Waals surface area contributed by atoms with E-state index < -0.39 is 17.9 Å². The van der Waals surface area contributed by atoms with E-state index in [-0.39, 0.29) is 60.6 Å². The second kappa shape index (κ2) is 25.7. The van der Waals surface area contributed by atoms with Crippen LogP contribution >= 0.6 is 0 Å². The van der Waals surface area contributed by atoms with Crippen LogP contribution in [0.1, 0.15) is 78.6 Å². The number of rotatable bonds is 9. The number of hydrogen-bond donors (Lipinski definition) is 0. The van der Waals surface area contributed by atoms with Crippen LogP contribution in [0.3, 0.4) is 0 Å². The number of carboxylic acids is 3. The number of carbonyl (C=O) groups excluding carboxylic acids is 3. The third kappa shape index (κ3) is 50.3. The standard InChI is InChI=1S/3C5H10O2.Pr/c3*1-2-3-4-5(6)7;/h3*2-4H2,1H3,(H,6,7);/q;;;+3/p-3. The van der Waals surface area contributed by atoms with Crippen LogP contribution in [0.4, 0.5) is 0 Å². The second-order valence-electron chi connectivity index (χ2n) is 4.43. The van der Waals surface area contributed by atoms with Gasteiger partial charge in [0.25, 0.3) is 0 Å². The maximum atomic E-state index is 9.65. The summed E-state index contributed by atoms with van der Waals surface area (Å²) in [5, 5.41) is 28.9. The molecule has 0 aromatic carbocycles. The fraction of sp³-hybridized carbons (Fsp3) is 0.800. The molecule has 0 bridgehead atoms. The Bertz CT molecular complexity index is 226. The third-order valence-corrected chi connectivity index (χ3v) is 2.20. The molecule has 0 amide bonds. The summed E-state index contributed by atoms with van der Waals surface area (Å²) in [5.74, 6) is -2.83. The van der Waals surface area contributed by atoms with Crippen LogP contribution in [0.15, 0.2) is 0 Å². The van der Waals surface area contributed by atoms with Crippen LogP contribution in [0.25, 0.3) is 0 Å². The summed E-state index contributed by atoms with van der Waals surface area (Å²) in [6, 6.07) is 0. The predicted molar refractivity (Wildman–Crippen MR) is 73.6 cm³/mol. The number of carboxylic acid groups (broad SMARTS) is 3. The predicted octanol–water partition coefficient (Wildman–Crippen LogP) is -0.220. The van der Waals surface area contributed by atoms with Gasteiger partial charge >= 0.3 is 41.3 Å². The minimum Gasteiger partial charge on any atom is -0.550 e. The number of hydrogen-bond acceptors (Lipinski definition) is 6. The molecule has 0 radical (unpaired) electrons. The zero-order valence-electron chi connectivity index (χ0n) is 13.9. The van der Waals surface area contributed by atoms with Crippen molar-refractivity contribution in [2.24, 2.45) is 0 Å². The summed E-state index contributed by atoms with van der Waals surface area (Å²) in [7, 11) is 0. The smallest absolute Gasteiger partial charge is 0.550 e. The fourth-order valence-corrected chi connectivity index (χ4v) is 0.963. The molecular formula is C15H27O6Pr. The van der Waals surface area contributed by atoms with Crippen LogP contribution in [0.5, 0.6) is 0 Å². The molecule has 0 N–H and O–H groups in total. The maximum absolute atomic E-state index is 9.65. The normalized spacial score (nSPS) is 8.32. The van der Waals surface area contributed by atoms with Gasteiger partial charge in [0.1, 0.15) is 0 Å². The van der Waals surface area contributed by atoms with E-state index in [2.05, 4.69) is 0 Å². The van der Waals surface area contributed by atoms with E-state index >= 15 is 0 Å². The van der Waals surface area contributed by atoms with Gasteiger partial charge in [-0.3, -0.25) is 0 Å². The van der Waals surface area contributed by atoms with E-state index in [1.807, 2.05) is 20.8 Å². The zero-order valence-corrected chi connectivity index (χ0v) is 17.6. The van der Waals surface area contributed by atoms with Crippen molar-refractivity contribution in [3.63, 3.8) is 0 Å². The molecule has 0 heterocycles. The molecule has 0 atom stereocenters. The minimum atomic E-state index is -0.943. The summed E-state index contributed by atoms with van der Waals surface area (Å²) in [4.78, 5) is 28.9. The maximum Gasteiger partial charge on any atom is 3.00 e. The van der Waals surface area contributed by atoms with Crippen LogP contribution in [-0.2, 0) is 14.4 Å². The van der Waals surface area contributed by atoms with E-state index in [0.29, 0.717) is 0 Å². The van der Waals surface area contributed by atoms with Gasteiger partial charge in [-0.2, -0.15) is 0 Å². The molecule has 0 saturated carbocycles. The van der Waals surface area contributed by atoms with Crippen LogP contribution in [-0.4, -0.2) is 17.9 Å². The van der Waals surface area contributed by atoms with Crippen molar-refractivity contribution >= 4 is 17.9 Å². The topological polar surface area (TPSA) is 120 Å². The molecule has 0 aromatic rings. The Balaban J connectivity index is -0.000000108. The van der Waals surface area contributed by atoms with Crippen molar-refractivity contribution in [3.05, 3.63) is 0 Å². The van der Waals surface area contributed by atoms with Crippen molar-refractivity contribution < 1.29 is 71.0 Å². The number of carbonyl (C=O) groups is 3. The first-order chi connectivity index (χ1) is 9.81. The van der Waals surface area contributed by atoms with Gasteiger partial charge in [-0.1, -0.05) is 40.0 Å². The van der Waals surface area contributed by atoms with Gasteiger partial charge < -0.3 is 29.7 Å². The molecule has 7 heteroatoms.